The Labute approximate surface area is 149 Å². The van der Waals surface area contributed by atoms with E-state index in [-0.39, 0.29) is 23.5 Å². The van der Waals surface area contributed by atoms with Gasteiger partial charge >= 0.3 is 13.1 Å². The largest absolute Gasteiger partial charge is 0.547 e. The van der Waals surface area contributed by atoms with E-state index in [0.29, 0.717) is 11.1 Å². The van der Waals surface area contributed by atoms with E-state index in [2.05, 4.69) is 5.32 Å². The molecule has 2 unspecified atom stereocenters. The number of benzene rings is 2. The van der Waals surface area contributed by atoms with Crippen LogP contribution in [0.1, 0.15) is 27.5 Å². The number of carbonyl (C=O) groups is 2. The molecule has 1 amide bonds. The second-order valence-electron chi connectivity index (χ2n) is 6.00. The molecule has 0 radical (unpaired) electrons. The molecule has 0 aliphatic carbocycles. The summed E-state index contributed by atoms with van der Waals surface area (Å²) in [5, 5.41) is 31.3. The molecule has 0 saturated carbocycles. The monoisotopic (exact) mass is 356 g/mol. The minimum absolute atomic E-state index is 0.0490. The maximum Gasteiger partial charge on any atom is 0.547 e. The first kappa shape index (κ1) is 17.8. The van der Waals surface area contributed by atoms with Crippen LogP contribution >= 0.6 is 0 Å². The van der Waals surface area contributed by atoms with E-state index in [1.165, 1.54) is 30.3 Å². The van der Waals surface area contributed by atoms with Crippen LogP contribution in [0.5, 0.6) is 11.5 Å². The van der Waals surface area contributed by atoms with Gasteiger partial charge in [-0.25, -0.2) is 4.79 Å². The van der Waals surface area contributed by atoms with Crippen LogP contribution in [0.4, 0.5) is 0 Å². The van der Waals surface area contributed by atoms with Crippen molar-refractivity contribution in [3.8, 4) is 11.5 Å². The Kier molecular flexibility index (Phi) is 4.83. The van der Waals surface area contributed by atoms with Gasteiger partial charge in [0.05, 0.1) is 11.5 Å². The summed E-state index contributed by atoms with van der Waals surface area (Å²) in [6.07, 6.45) is 0.200. The molecule has 26 heavy (non-hydrogen) atoms. The predicted molar refractivity (Wildman–Crippen MR) is 92.7 cm³/mol. The zero-order valence-corrected chi connectivity index (χ0v) is 13.6. The highest BCUT2D eigenvalue weighted by Gasteiger charge is 2.38. The van der Waals surface area contributed by atoms with Crippen molar-refractivity contribution < 1.29 is 29.5 Å². The van der Waals surface area contributed by atoms with Gasteiger partial charge in [0.15, 0.2) is 0 Å². The van der Waals surface area contributed by atoms with Gasteiger partial charge in [-0.2, -0.15) is 0 Å². The number of nitrogens with two attached hydrogens (primary N) is 1. The van der Waals surface area contributed by atoms with E-state index >= 15 is 0 Å². The summed E-state index contributed by atoms with van der Waals surface area (Å²) in [5.41, 5.74) is 6.94. The zero-order valence-electron chi connectivity index (χ0n) is 13.6. The van der Waals surface area contributed by atoms with Gasteiger partial charge in [-0.1, -0.05) is 24.3 Å². The number of nitrogens with one attached hydrogen (secondary N) is 1. The quantitative estimate of drug-likeness (QED) is 0.494. The van der Waals surface area contributed by atoms with Gasteiger partial charge in [-0.15, -0.1) is 0 Å². The minimum atomic E-state index is -1.40. The molecule has 2 aromatic carbocycles. The van der Waals surface area contributed by atoms with Crippen molar-refractivity contribution in [1.82, 2.24) is 5.32 Å². The van der Waals surface area contributed by atoms with Gasteiger partial charge in [-0.05, 0) is 35.7 Å². The number of rotatable bonds is 4. The lowest BCUT2D eigenvalue weighted by Gasteiger charge is -2.29. The van der Waals surface area contributed by atoms with Gasteiger partial charge in [0.1, 0.15) is 17.5 Å². The topological polar surface area (TPSA) is 142 Å². The van der Waals surface area contributed by atoms with E-state index in [1.807, 2.05) is 0 Å². The third-order valence-corrected chi connectivity index (χ3v) is 4.21. The van der Waals surface area contributed by atoms with Crippen LogP contribution in [0.2, 0.25) is 0 Å². The Morgan fingerprint density at radius 2 is 1.92 bits per heavy atom. The molecule has 0 saturated heterocycles. The molecule has 8 nitrogen and oxygen atoms in total. The summed E-state index contributed by atoms with van der Waals surface area (Å²) in [7, 11) is -1.40. The van der Waals surface area contributed by atoms with Gasteiger partial charge < -0.3 is 30.9 Å². The second-order valence-corrected chi connectivity index (χ2v) is 6.00. The highest BCUT2D eigenvalue weighted by atomic mass is 16.5. The molecule has 0 fully saturated rings. The number of amides is 1. The number of phenols is 1. The number of para-hydroxylation sites is 1. The fourth-order valence-electron chi connectivity index (χ4n) is 2.82. The van der Waals surface area contributed by atoms with Crippen LogP contribution in [0.15, 0.2) is 42.5 Å². The maximum atomic E-state index is 12.4. The smallest absolute Gasteiger partial charge is 0.534 e. The molecule has 2 aromatic rings. The van der Waals surface area contributed by atoms with E-state index < -0.39 is 31.0 Å². The Morgan fingerprint density at radius 3 is 2.58 bits per heavy atom. The molecule has 1 aliphatic heterocycles. The van der Waals surface area contributed by atoms with Crippen molar-refractivity contribution in [2.45, 2.75) is 18.4 Å². The molecule has 0 aromatic heterocycles. The molecule has 1 aliphatic rings. The molecular formula is C17H17BN2O6. The van der Waals surface area contributed by atoms with E-state index in [0.717, 1.165) is 0 Å². The number of aromatic hydroxyl groups is 1. The minimum Gasteiger partial charge on any atom is -0.534 e. The number of carboxylic acid groups (broad SMARTS) is 1. The number of carbonyl (C=O) groups excluding carboxylic acids is 1. The van der Waals surface area contributed by atoms with Gasteiger partial charge in [0.2, 0.25) is 5.91 Å². The Balaban J connectivity index is 1.74. The standard InChI is InChI=1S/C17H17BN2O6/c19-14(9-4-6-11(21)7-5-9)16(22)20-13-8-10-2-1-3-12(17(23)24)15(10)26-18(13)25/h1-7,13-14,21,25H,8,19H2,(H,20,22)(H,23,24). The van der Waals surface area contributed by atoms with Crippen LogP contribution in [0.25, 0.3) is 0 Å². The van der Waals surface area contributed by atoms with Crippen LogP contribution in [0.3, 0.4) is 0 Å². The number of carboxylic acids is 1. The summed E-state index contributed by atoms with van der Waals surface area (Å²) in [6, 6.07) is 9.54. The molecule has 9 heteroatoms. The Morgan fingerprint density at radius 1 is 1.23 bits per heavy atom. The van der Waals surface area contributed by atoms with Crippen LogP contribution < -0.4 is 15.7 Å². The lowest BCUT2D eigenvalue weighted by atomic mass is 9.72. The highest BCUT2D eigenvalue weighted by molar-refractivity contribution is 6.47. The first-order valence-corrected chi connectivity index (χ1v) is 7.91. The van der Waals surface area contributed by atoms with E-state index in [1.54, 1.807) is 12.1 Å². The molecule has 0 bridgehead atoms. The van der Waals surface area contributed by atoms with E-state index in [9.17, 15) is 24.8 Å². The fourth-order valence-corrected chi connectivity index (χ4v) is 2.82. The van der Waals surface area contributed by atoms with Crippen molar-refractivity contribution in [1.29, 1.82) is 0 Å². The van der Waals surface area contributed by atoms with Gasteiger partial charge in [-0.3, -0.25) is 4.79 Å². The second kappa shape index (κ2) is 7.07. The van der Waals surface area contributed by atoms with Crippen molar-refractivity contribution in [3.63, 3.8) is 0 Å². The molecule has 3 rings (SSSR count). The SMILES string of the molecule is NC(C(=O)NC1Cc2cccc(C(=O)O)c2OB1O)c1ccc(O)cc1. The average Bonchev–Trinajstić information content (AvgIpc) is 2.61. The molecule has 6 N–H and O–H groups in total. The molecular weight excluding hydrogens is 339 g/mol. The maximum absolute atomic E-state index is 12.4. The summed E-state index contributed by atoms with van der Waals surface area (Å²) >= 11 is 0. The van der Waals surface area contributed by atoms with Crippen LogP contribution in [-0.2, 0) is 11.2 Å². The zero-order chi connectivity index (χ0) is 18.8. The number of phenolic OH excluding ortho intramolecular Hbond substituents is 1. The first-order valence-electron chi connectivity index (χ1n) is 7.91. The number of aromatic carboxylic acids is 1. The predicted octanol–water partition coefficient (Wildman–Crippen LogP) is 0.230. The summed E-state index contributed by atoms with van der Waals surface area (Å²) in [5.74, 6) is -2.31. The lowest BCUT2D eigenvalue weighted by molar-refractivity contribution is -0.122. The molecule has 1 heterocycles. The first-order chi connectivity index (χ1) is 12.4. The van der Waals surface area contributed by atoms with E-state index in [4.69, 9.17) is 10.4 Å². The summed E-state index contributed by atoms with van der Waals surface area (Å²) < 4.78 is 5.33. The third-order valence-electron chi connectivity index (χ3n) is 4.21. The van der Waals surface area contributed by atoms with Gasteiger partial charge in [0.25, 0.3) is 0 Å². The van der Waals surface area contributed by atoms with Crippen molar-refractivity contribution in [2.24, 2.45) is 5.73 Å². The molecule has 0 spiro atoms. The average molecular weight is 356 g/mol. The molecule has 2 atom stereocenters. The number of hydrogen-bond donors (Lipinski definition) is 5. The Bertz CT molecular complexity index is 842. The Hall–Kier alpha value is -3.04. The lowest BCUT2D eigenvalue weighted by Crippen LogP contribution is -2.54. The van der Waals surface area contributed by atoms with Crippen molar-refractivity contribution in [2.75, 3.05) is 0 Å². The fraction of sp³-hybridized carbons (Fsp3) is 0.176. The number of fused-ring (bicyclic) bond motifs is 1. The number of hydrogen-bond acceptors (Lipinski definition) is 6. The van der Waals surface area contributed by atoms with Crippen molar-refractivity contribution in [3.05, 3.63) is 59.2 Å². The third kappa shape index (κ3) is 3.49. The normalized spacial score (nSPS) is 17.0. The summed E-state index contributed by atoms with van der Waals surface area (Å²) in [6.45, 7) is 0. The highest BCUT2D eigenvalue weighted by Crippen LogP contribution is 2.30. The van der Waals surface area contributed by atoms with Crippen LogP contribution in [0, 0.1) is 0 Å². The molecule has 134 valence electrons. The van der Waals surface area contributed by atoms with Crippen molar-refractivity contribution >= 4 is 19.0 Å². The van der Waals surface area contributed by atoms with Crippen LogP contribution in [-0.4, -0.2) is 40.2 Å². The van der Waals surface area contributed by atoms with Gasteiger partial charge in [0, 0.05) is 0 Å². The summed E-state index contributed by atoms with van der Waals surface area (Å²) in [4.78, 5) is 23.6.